The van der Waals surface area contributed by atoms with E-state index in [1.54, 1.807) is 0 Å². The predicted molar refractivity (Wildman–Crippen MR) is 70.2 cm³/mol. The topological polar surface area (TPSA) is 39.1 Å². The Morgan fingerprint density at radius 2 is 2.33 bits per heavy atom. The van der Waals surface area contributed by atoms with Crippen molar-refractivity contribution in [2.75, 3.05) is 6.61 Å². The molecule has 4 nitrogen and oxygen atoms in total. The van der Waals surface area contributed by atoms with Crippen LogP contribution < -0.4 is 5.32 Å². The van der Waals surface area contributed by atoms with E-state index in [4.69, 9.17) is 4.74 Å². The van der Waals surface area contributed by atoms with Gasteiger partial charge in [0.05, 0.1) is 11.8 Å². The minimum absolute atomic E-state index is 0.213. The van der Waals surface area contributed by atoms with Gasteiger partial charge in [-0.2, -0.15) is 5.10 Å². The van der Waals surface area contributed by atoms with Crippen molar-refractivity contribution in [3.8, 4) is 0 Å². The van der Waals surface area contributed by atoms with Crippen molar-refractivity contribution in [1.82, 2.24) is 15.1 Å². The zero-order valence-corrected chi connectivity index (χ0v) is 11.2. The van der Waals surface area contributed by atoms with Gasteiger partial charge in [-0.1, -0.05) is 12.8 Å². The van der Waals surface area contributed by atoms with Gasteiger partial charge in [0.2, 0.25) is 0 Å². The summed E-state index contributed by atoms with van der Waals surface area (Å²) in [4.78, 5) is 0. The molecule has 1 aliphatic carbocycles. The van der Waals surface area contributed by atoms with E-state index >= 15 is 0 Å². The largest absolute Gasteiger partial charge is 0.375 e. The fourth-order valence-corrected chi connectivity index (χ4v) is 3.40. The summed E-state index contributed by atoms with van der Waals surface area (Å²) in [6, 6.07) is 0.608. The molecule has 1 spiro atoms. The molecule has 1 N–H and O–H groups in total. The van der Waals surface area contributed by atoms with E-state index in [-0.39, 0.29) is 5.60 Å². The van der Waals surface area contributed by atoms with Gasteiger partial charge < -0.3 is 10.1 Å². The van der Waals surface area contributed by atoms with Crippen LogP contribution in [0.1, 0.15) is 44.1 Å². The van der Waals surface area contributed by atoms with Crippen molar-refractivity contribution in [1.29, 1.82) is 0 Å². The van der Waals surface area contributed by atoms with Crippen molar-refractivity contribution in [3.05, 3.63) is 18.0 Å². The summed E-state index contributed by atoms with van der Waals surface area (Å²) in [5.41, 5.74) is 1.48. The lowest BCUT2D eigenvalue weighted by molar-refractivity contribution is -0.0837. The van der Waals surface area contributed by atoms with Crippen LogP contribution in [0.25, 0.3) is 0 Å². The molecule has 0 amide bonds. The lowest BCUT2D eigenvalue weighted by Gasteiger charge is -2.38. The molecule has 1 aromatic rings. The van der Waals surface area contributed by atoms with Crippen LogP contribution in [0.4, 0.5) is 0 Å². The Bertz CT molecular complexity index is 395. The first kappa shape index (κ1) is 12.2. The summed E-state index contributed by atoms with van der Waals surface area (Å²) in [6.07, 6.45) is 11.6. The molecule has 1 saturated heterocycles. The number of rotatable bonds is 3. The van der Waals surface area contributed by atoms with Crippen LogP contribution in [-0.4, -0.2) is 28.0 Å². The third kappa shape index (κ3) is 2.59. The lowest BCUT2D eigenvalue weighted by Crippen LogP contribution is -2.45. The maximum atomic E-state index is 6.06. The second-order valence-corrected chi connectivity index (χ2v) is 5.83. The average molecular weight is 249 g/mol. The summed E-state index contributed by atoms with van der Waals surface area (Å²) in [6.45, 7) is 1.85. The molecule has 0 bridgehead atoms. The number of hydrogen-bond donors (Lipinski definition) is 1. The van der Waals surface area contributed by atoms with Gasteiger partial charge >= 0.3 is 0 Å². The van der Waals surface area contributed by atoms with Crippen LogP contribution >= 0.6 is 0 Å². The molecule has 0 aromatic carbocycles. The fourth-order valence-electron chi connectivity index (χ4n) is 3.40. The Labute approximate surface area is 109 Å². The van der Waals surface area contributed by atoms with Crippen molar-refractivity contribution in [3.63, 3.8) is 0 Å². The molecular formula is C14H23N3O. The predicted octanol–water partition coefficient (Wildman–Crippen LogP) is 2.00. The fraction of sp³-hybridized carbons (Fsp3) is 0.786. The third-order valence-corrected chi connectivity index (χ3v) is 4.36. The third-order valence-electron chi connectivity index (χ3n) is 4.36. The number of aromatic nitrogens is 2. The van der Waals surface area contributed by atoms with Crippen LogP contribution in [0.15, 0.2) is 12.4 Å². The van der Waals surface area contributed by atoms with Crippen LogP contribution in [0.2, 0.25) is 0 Å². The summed E-state index contributed by atoms with van der Waals surface area (Å²) in [5.74, 6) is 0. The lowest BCUT2D eigenvalue weighted by atomic mass is 9.89. The van der Waals surface area contributed by atoms with Gasteiger partial charge in [0.15, 0.2) is 0 Å². The van der Waals surface area contributed by atoms with Gasteiger partial charge in [-0.3, -0.25) is 4.68 Å². The summed E-state index contributed by atoms with van der Waals surface area (Å²) in [5, 5.41) is 7.87. The van der Waals surface area contributed by atoms with E-state index in [2.05, 4.69) is 16.6 Å². The Morgan fingerprint density at radius 3 is 3.06 bits per heavy atom. The average Bonchev–Trinajstić information content (AvgIpc) is 2.97. The molecule has 1 saturated carbocycles. The first-order valence-electron chi connectivity index (χ1n) is 7.11. The van der Waals surface area contributed by atoms with Crippen molar-refractivity contribution in [2.45, 2.75) is 56.7 Å². The van der Waals surface area contributed by atoms with E-state index in [1.165, 1.54) is 37.7 Å². The molecule has 2 aliphatic rings. The van der Waals surface area contributed by atoms with Crippen LogP contribution in [0, 0.1) is 0 Å². The summed E-state index contributed by atoms with van der Waals surface area (Å²) in [7, 11) is 1.96. The van der Waals surface area contributed by atoms with E-state index in [9.17, 15) is 0 Å². The Balaban J connectivity index is 1.53. The normalized spacial score (nSPS) is 26.8. The minimum atomic E-state index is 0.213. The number of ether oxygens (including phenoxy) is 1. The van der Waals surface area contributed by atoms with Crippen molar-refractivity contribution in [2.24, 2.45) is 7.05 Å². The van der Waals surface area contributed by atoms with Gasteiger partial charge in [-0.05, 0) is 25.7 Å². The summed E-state index contributed by atoms with van der Waals surface area (Å²) < 4.78 is 7.92. The standard InChI is InChI=1S/C14H23N3O/c1-17-11-12(10-16-17)9-15-13-4-7-18-14(8-13)5-2-3-6-14/h10-11,13,15H,2-9H2,1H3. The maximum absolute atomic E-state index is 6.06. The smallest absolute Gasteiger partial charge is 0.0697 e. The molecule has 100 valence electrons. The monoisotopic (exact) mass is 249 g/mol. The quantitative estimate of drug-likeness (QED) is 0.890. The van der Waals surface area contributed by atoms with E-state index in [1.807, 2.05) is 17.9 Å². The van der Waals surface area contributed by atoms with Gasteiger partial charge in [-0.15, -0.1) is 0 Å². The number of aryl methyl sites for hydroxylation is 1. The molecule has 18 heavy (non-hydrogen) atoms. The molecule has 4 heteroatoms. The second-order valence-electron chi connectivity index (χ2n) is 5.83. The first-order chi connectivity index (χ1) is 8.76. The van der Waals surface area contributed by atoms with Gasteiger partial charge in [0.25, 0.3) is 0 Å². The number of nitrogens with zero attached hydrogens (tertiary/aromatic N) is 2. The molecule has 1 aliphatic heterocycles. The zero-order valence-electron chi connectivity index (χ0n) is 11.2. The SMILES string of the molecule is Cn1cc(CNC2CCOC3(CCCC3)C2)cn1. The minimum Gasteiger partial charge on any atom is -0.375 e. The number of hydrogen-bond acceptors (Lipinski definition) is 3. The Morgan fingerprint density at radius 1 is 1.50 bits per heavy atom. The Kier molecular flexibility index (Phi) is 3.39. The molecule has 3 rings (SSSR count). The highest BCUT2D eigenvalue weighted by Gasteiger charge is 2.39. The molecular weight excluding hydrogens is 226 g/mol. The highest BCUT2D eigenvalue weighted by Crippen LogP contribution is 2.39. The Hall–Kier alpha value is -0.870. The molecule has 2 heterocycles. The number of nitrogens with one attached hydrogen (secondary N) is 1. The first-order valence-corrected chi connectivity index (χ1v) is 7.11. The molecule has 2 fully saturated rings. The van der Waals surface area contributed by atoms with Crippen molar-refractivity contribution >= 4 is 0 Å². The van der Waals surface area contributed by atoms with E-state index in [0.29, 0.717) is 6.04 Å². The van der Waals surface area contributed by atoms with Crippen LogP contribution in [0.3, 0.4) is 0 Å². The van der Waals surface area contributed by atoms with Crippen LogP contribution in [0.5, 0.6) is 0 Å². The van der Waals surface area contributed by atoms with Gasteiger partial charge in [0, 0.05) is 38.0 Å². The molecule has 0 radical (unpaired) electrons. The second kappa shape index (κ2) is 5.02. The van der Waals surface area contributed by atoms with Gasteiger partial charge in [0.1, 0.15) is 0 Å². The highest BCUT2D eigenvalue weighted by molar-refractivity contribution is 5.03. The van der Waals surface area contributed by atoms with Gasteiger partial charge in [-0.25, -0.2) is 0 Å². The molecule has 1 atom stereocenters. The zero-order chi connectivity index (χ0) is 12.4. The maximum Gasteiger partial charge on any atom is 0.0697 e. The van der Waals surface area contributed by atoms with E-state index in [0.717, 1.165) is 19.6 Å². The molecule has 1 aromatic heterocycles. The van der Waals surface area contributed by atoms with E-state index < -0.39 is 0 Å². The molecule has 1 unspecified atom stereocenters. The summed E-state index contributed by atoms with van der Waals surface area (Å²) >= 11 is 0. The highest BCUT2D eigenvalue weighted by atomic mass is 16.5. The van der Waals surface area contributed by atoms with Crippen LogP contribution in [-0.2, 0) is 18.3 Å². The van der Waals surface area contributed by atoms with Crippen molar-refractivity contribution < 1.29 is 4.74 Å².